The van der Waals surface area contributed by atoms with E-state index in [9.17, 15) is 0 Å². The lowest BCUT2D eigenvalue weighted by Crippen LogP contribution is -2.31. The molecule has 2 aromatic carbocycles. The van der Waals surface area contributed by atoms with Gasteiger partial charge in [-0.25, -0.2) is 0 Å². The molecule has 1 heterocycles. The highest BCUT2D eigenvalue weighted by Crippen LogP contribution is 2.34. The van der Waals surface area contributed by atoms with Crippen molar-refractivity contribution >= 4 is 11.8 Å². The van der Waals surface area contributed by atoms with Gasteiger partial charge in [0.25, 0.3) is 0 Å². The third kappa shape index (κ3) is 1.74. The summed E-state index contributed by atoms with van der Waals surface area (Å²) in [6.45, 7) is 2.20. The highest BCUT2D eigenvalue weighted by molar-refractivity contribution is 5.72. The molecule has 1 atom stereocenters. The van der Waals surface area contributed by atoms with E-state index in [-0.39, 0.29) is 5.54 Å². The van der Waals surface area contributed by atoms with Crippen LogP contribution in [0.2, 0.25) is 0 Å². The molecule has 2 aromatic rings. The molecule has 0 aliphatic carbocycles. The summed E-state index contributed by atoms with van der Waals surface area (Å²) in [6.07, 6.45) is 4.42. The molecule has 0 radical (unpaired) electrons. The number of nitrogens with one attached hydrogen (secondary N) is 1. The molecule has 1 N–H and O–H groups in total. The molecule has 0 saturated heterocycles. The van der Waals surface area contributed by atoms with Crippen molar-refractivity contribution in [1.29, 1.82) is 0 Å². The minimum atomic E-state index is -0.115. The van der Waals surface area contributed by atoms with Gasteiger partial charge in [-0.1, -0.05) is 60.7 Å². The van der Waals surface area contributed by atoms with Crippen LogP contribution in [0.4, 0.5) is 5.69 Å². The monoisotopic (exact) mass is 221 g/mol. The molecule has 1 aliphatic heterocycles. The predicted molar refractivity (Wildman–Crippen MR) is 72.9 cm³/mol. The third-order valence-electron chi connectivity index (χ3n) is 3.32. The SMILES string of the molecule is CC1(c2ccccc2)C=Cc2ccccc2N1. The van der Waals surface area contributed by atoms with Crippen molar-refractivity contribution in [1.82, 2.24) is 0 Å². The van der Waals surface area contributed by atoms with Crippen molar-refractivity contribution in [2.45, 2.75) is 12.5 Å². The average molecular weight is 221 g/mol. The number of fused-ring (bicyclic) bond motifs is 1. The first kappa shape index (κ1) is 10.2. The van der Waals surface area contributed by atoms with Crippen LogP contribution in [0.3, 0.4) is 0 Å². The van der Waals surface area contributed by atoms with Crippen molar-refractivity contribution in [3.63, 3.8) is 0 Å². The van der Waals surface area contributed by atoms with Gasteiger partial charge in [0.2, 0.25) is 0 Å². The zero-order chi connectivity index (χ0) is 11.7. The number of para-hydroxylation sites is 1. The minimum Gasteiger partial charge on any atom is -0.372 e. The number of hydrogen-bond donors (Lipinski definition) is 1. The molecular formula is C16H15N. The first-order valence-corrected chi connectivity index (χ1v) is 5.90. The van der Waals surface area contributed by atoms with Gasteiger partial charge in [0, 0.05) is 5.69 Å². The molecule has 1 heteroatoms. The highest BCUT2D eigenvalue weighted by Gasteiger charge is 2.26. The molecule has 1 unspecified atom stereocenters. The Bertz CT molecular complexity index is 557. The van der Waals surface area contributed by atoms with Crippen LogP contribution in [0.1, 0.15) is 18.1 Å². The molecule has 1 nitrogen and oxygen atoms in total. The largest absolute Gasteiger partial charge is 0.372 e. The molecule has 0 saturated carbocycles. The lowest BCUT2D eigenvalue weighted by Gasteiger charge is -2.33. The molecule has 0 fully saturated rings. The van der Waals surface area contributed by atoms with Gasteiger partial charge in [0.05, 0.1) is 5.54 Å². The van der Waals surface area contributed by atoms with E-state index in [4.69, 9.17) is 0 Å². The maximum Gasteiger partial charge on any atom is 0.0784 e. The normalized spacial score (nSPS) is 21.7. The van der Waals surface area contributed by atoms with Crippen LogP contribution in [0.25, 0.3) is 6.08 Å². The zero-order valence-electron chi connectivity index (χ0n) is 9.85. The van der Waals surface area contributed by atoms with E-state index < -0.39 is 0 Å². The molecule has 84 valence electrons. The van der Waals surface area contributed by atoms with Gasteiger partial charge < -0.3 is 5.32 Å². The van der Waals surface area contributed by atoms with Crippen LogP contribution in [0.5, 0.6) is 0 Å². The molecule has 0 aromatic heterocycles. The maximum absolute atomic E-state index is 3.60. The van der Waals surface area contributed by atoms with Crippen molar-refractivity contribution in [3.8, 4) is 0 Å². The zero-order valence-corrected chi connectivity index (χ0v) is 9.85. The summed E-state index contributed by atoms with van der Waals surface area (Å²) < 4.78 is 0. The summed E-state index contributed by atoms with van der Waals surface area (Å²) in [7, 11) is 0. The fourth-order valence-electron chi connectivity index (χ4n) is 2.29. The summed E-state index contributed by atoms with van der Waals surface area (Å²) in [5, 5.41) is 3.60. The molecule has 17 heavy (non-hydrogen) atoms. The van der Waals surface area contributed by atoms with E-state index in [1.807, 2.05) is 6.07 Å². The van der Waals surface area contributed by atoms with E-state index in [0.717, 1.165) is 0 Å². The molecular weight excluding hydrogens is 206 g/mol. The maximum atomic E-state index is 3.60. The summed E-state index contributed by atoms with van der Waals surface area (Å²) in [5.41, 5.74) is 3.61. The van der Waals surface area contributed by atoms with E-state index >= 15 is 0 Å². The minimum absolute atomic E-state index is 0.115. The second-order valence-corrected chi connectivity index (χ2v) is 4.61. The Balaban J connectivity index is 2.04. The second-order valence-electron chi connectivity index (χ2n) is 4.61. The number of benzene rings is 2. The van der Waals surface area contributed by atoms with Crippen molar-refractivity contribution in [2.24, 2.45) is 0 Å². The molecule has 0 bridgehead atoms. The van der Waals surface area contributed by atoms with Gasteiger partial charge in [0.15, 0.2) is 0 Å². The van der Waals surface area contributed by atoms with Crippen molar-refractivity contribution in [2.75, 3.05) is 5.32 Å². The third-order valence-corrected chi connectivity index (χ3v) is 3.32. The smallest absolute Gasteiger partial charge is 0.0784 e. The number of hydrogen-bond acceptors (Lipinski definition) is 1. The van der Waals surface area contributed by atoms with Crippen LogP contribution in [-0.2, 0) is 5.54 Å². The predicted octanol–water partition coefficient (Wildman–Crippen LogP) is 4.04. The van der Waals surface area contributed by atoms with E-state index in [2.05, 4.69) is 72.9 Å². The summed E-state index contributed by atoms with van der Waals surface area (Å²) in [4.78, 5) is 0. The fraction of sp³-hybridized carbons (Fsp3) is 0.125. The van der Waals surface area contributed by atoms with Crippen LogP contribution in [0.15, 0.2) is 60.7 Å². The number of rotatable bonds is 1. The van der Waals surface area contributed by atoms with Crippen LogP contribution >= 0.6 is 0 Å². The van der Waals surface area contributed by atoms with Crippen LogP contribution in [-0.4, -0.2) is 0 Å². The molecule has 3 rings (SSSR count). The number of anilines is 1. The standard InChI is InChI=1S/C16H15N/c1-16(14-8-3-2-4-9-14)12-11-13-7-5-6-10-15(13)17-16/h2-12,17H,1H3. The Hall–Kier alpha value is -2.02. The fourth-order valence-corrected chi connectivity index (χ4v) is 2.29. The molecule has 0 amide bonds. The lowest BCUT2D eigenvalue weighted by molar-refractivity contribution is 0.688. The summed E-state index contributed by atoms with van der Waals surface area (Å²) >= 11 is 0. The van der Waals surface area contributed by atoms with Crippen molar-refractivity contribution < 1.29 is 0 Å². The molecule has 0 spiro atoms. The van der Waals surface area contributed by atoms with Gasteiger partial charge in [-0.2, -0.15) is 0 Å². The topological polar surface area (TPSA) is 12.0 Å². The first-order valence-electron chi connectivity index (χ1n) is 5.90. The van der Waals surface area contributed by atoms with Gasteiger partial charge in [0.1, 0.15) is 0 Å². The van der Waals surface area contributed by atoms with Crippen molar-refractivity contribution in [3.05, 3.63) is 71.8 Å². The summed E-state index contributed by atoms with van der Waals surface area (Å²) in [6, 6.07) is 18.9. The Morgan fingerprint density at radius 1 is 0.882 bits per heavy atom. The quantitative estimate of drug-likeness (QED) is 0.766. The Labute approximate surface area is 102 Å². The van der Waals surface area contributed by atoms with Crippen LogP contribution in [0, 0.1) is 0 Å². The second kappa shape index (κ2) is 3.77. The Morgan fingerprint density at radius 2 is 1.59 bits per heavy atom. The van der Waals surface area contributed by atoms with E-state index in [1.165, 1.54) is 16.8 Å². The van der Waals surface area contributed by atoms with Gasteiger partial charge in [-0.3, -0.25) is 0 Å². The van der Waals surface area contributed by atoms with Crippen LogP contribution < -0.4 is 5.32 Å². The first-order chi connectivity index (χ1) is 8.28. The molecule has 1 aliphatic rings. The van der Waals surface area contributed by atoms with E-state index in [0.29, 0.717) is 0 Å². The Kier molecular flexibility index (Phi) is 2.25. The van der Waals surface area contributed by atoms with Gasteiger partial charge >= 0.3 is 0 Å². The highest BCUT2D eigenvalue weighted by atomic mass is 15.0. The summed E-state index contributed by atoms with van der Waals surface area (Å²) in [5.74, 6) is 0. The van der Waals surface area contributed by atoms with E-state index in [1.54, 1.807) is 0 Å². The average Bonchev–Trinajstić information content (AvgIpc) is 2.40. The van der Waals surface area contributed by atoms with Gasteiger partial charge in [-0.15, -0.1) is 0 Å². The van der Waals surface area contributed by atoms with Gasteiger partial charge in [-0.05, 0) is 24.1 Å². The Morgan fingerprint density at radius 3 is 2.41 bits per heavy atom. The lowest BCUT2D eigenvalue weighted by atomic mass is 9.87.